The molecule has 2 rings (SSSR count). The Morgan fingerprint density at radius 3 is 2.62 bits per heavy atom. The minimum atomic E-state index is -0.773. The standard InChI is InChI=1S/C18H16ClF2NO4/c1-11(15-6-5-13(20)8-16(15)21)22-17(23)9-26-18(24)10-25-14-4-2-3-12(19)7-14/h2-8,11H,9-10H2,1H3,(H,22,23)/t11-/m0/s1. The molecular formula is C18H16ClF2NO4. The van der Waals surface area contributed by atoms with Crippen molar-refractivity contribution in [2.75, 3.05) is 13.2 Å². The van der Waals surface area contributed by atoms with E-state index in [4.69, 9.17) is 21.1 Å². The van der Waals surface area contributed by atoms with Crippen molar-refractivity contribution in [2.24, 2.45) is 0 Å². The van der Waals surface area contributed by atoms with Crippen LogP contribution in [0.5, 0.6) is 5.75 Å². The summed E-state index contributed by atoms with van der Waals surface area (Å²) < 4.78 is 36.5. The average molecular weight is 384 g/mol. The smallest absolute Gasteiger partial charge is 0.344 e. The van der Waals surface area contributed by atoms with Crippen LogP contribution in [0.25, 0.3) is 0 Å². The predicted octanol–water partition coefficient (Wildman–Crippen LogP) is 3.42. The fourth-order valence-electron chi connectivity index (χ4n) is 2.10. The molecule has 1 amide bonds. The Kier molecular flexibility index (Phi) is 6.91. The molecule has 0 aliphatic heterocycles. The third-order valence-corrected chi connectivity index (χ3v) is 3.56. The summed E-state index contributed by atoms with van der Waals surface area (Å²) in [5, 5.41) is 2.91. The van der Waals surface area contributed by atoms with E-state index in [-0.39, 0.29) is 5.56 Å². The highest BCUT2D eigenvalue weighted by molar-refractivity contribution is 6.30. The maximum absolute atomic E-state index is 13.7. The van der Waals surface area contributed by atoms with Gasteiger partial charge in [-0.2, -0.15) is 0 Å². The lowest BCUT2D eigenvalue weighted by Gasteiger charge is -2.15. The zero-order valence-corrected chi connectivity index (χ0v) is 14.6. The number of hydrogen-bond donors (Lipinski definition) is 1. The lowest BCUT2D eigenvalue weighted by atomic mass is 10.1. The Morgan fingerprint density at radius 1 is 1.15 bits per heavy atom. The van der Waals surface area contributed by atoms with E-state index in [0.717, 1.165) is 12.1 Å². The minimum absolute atomic E-state index is 0.121. The van der Waals surface area contributed by atoms with Gasteiger partial charge in [0.05, 0.1) is 6.04 Å². The van der Waals surface area contributed by atoms with Crippen molar-refractivity contribution >= 4 is 23.5 Å². The number of benzene rings is 2. The first-order valence-corrected chi connectivity index (χ1v) is 8.01. The number of hydrogen-bond acceptors (Lipinski definition) is 4. The van der Waals surface area contributed by atoms with Gasteiger partial charge in [-0.1, -0.05) is 23.7 Å². The largest absolute Gasteiger partial charge is 0.482 e. The van der Waals surface area contributed by atoms with Crippen LogP contribution < -0.4 is 10.1 Å². The van der Waals surface area contributed by atoms with Crippen molar-refractivity contribution < 1.29 is 27.8 Å². The molecule has 0 aliphatic carbocycles. The van der Waals surface area contributed by atoms with E-state index >= 15 is 0 Å². The van der Waals surface area contributed by atoms with Crippen molar-refractivity contribution in [3.05, 3.63) is 64.7 Å². The molecule has 0 saturated carbocycles. The molecule has 0 spiro atoms. The van der Waals surface area contributed by atoms with E-state index in [2.05, 4.69) is 5.32 Å². The minimum Gasteiger partial charge on any atom is -0.482 e. The first-order valence-electron chi connectivity index (χ1n) is 7.63. The third kappa shape index (κ3) is 6.00. The summed E-state index contributed by atoms with van der Waals surface area (Å²) >= 11 is 5.78. The van der Waals surface area contributed by atoms with Gasteiger partial charge in [-0.05, 0) is 31.2 Å². The predicted molar refractivity (Wildman–Crippen MR) is 90.8 cm³/mol. The van der Waals surface area contributed by atoms with Gasteiger partial charge in [0.25, 0.3) is 5.91 Å². The van der Waals surface area contributed by atoms with Crippen LogP contribution in [0, 0.1) is 11.6 Å². The van der Waals surface area contributed by atoms with Gasteiger partial charge in [0.15, 0.2) is 13.2 Å². The van der Waals surface area contributed by atoms with Gasteiger partial charge in [-0.3, -0.25) is 4.79 Å². The number of esters is 1. The van der Waals surface area contributed by atoms with E-state index in [0.29, 0.717) is 10.8 Å². The number of rotatable bonds is 7. The molecule has 1 N–H and O–H groups in total. The maximum Gasteiger partial charge on any atom is 0.344 e. The lowest BCUT2D eigenvalue weighted by Crippen LogP contribution is -2.32. The number of carbonyl (C=O) groups is 2. The van der Waals surface area contributed by atoms with Crippen LogP contribution in [0.3, 0.4) is 0 Å². The molecule has 1 atom stereocenters. The zero-order chi connectivity index (χ0) is 19.1. The maximum atomic E-state index is 13.7. The van der Waals surface area contributed by atoms with Crippen molar-refractivity contribution in [3.63, 3.8) is 0 Å². The molecule has 2 aromatic rings. The van der Waals surface area contributed by atoms with Crippen LogP contribution in [-0.4, -0.2) is 25.1 Å². The summed E-state index contributed by atoms with van der Waals surface area (Å²) in [6, 6.07) is 8.80. The monoisotopic (exact) mass is 383 g/mol. The molecule has 0 unspecified atom stereocenters. The van der Waals surface area contributed by atoms with Gasteiger partial charge >= 0.3 is 5.97 Å². The molecule has 0 radical (unpaired) electrons. The Labute approximate surface area is 153 Å². The Morgan fingerprint density at radius 2 is 1.92 bits per heavy atom. The van der Waals surface area contributed by atoms with Crippen LogP contribution in [0.2, 0.25) is 5.02 Å². The molecule has 138 valence electrons. The van der Waals surface area contributed by atoms with Gasteiger partial charge in [0.1, 0.15) is 17.4 Å². The second kappa shape index (κ2) is 9.15. The molecule has 8 heteroatoms. The fraction of sp³-hybridized carbons (Fsp3) is 0.222. The summed E-state index contributed by atoms with van der Waals surface area (Å²) in [4.78, 5) is 23.4. The summed E-state index contributed by atoms with van der Waals surface area (Å²) in [6.45, 7) is 0.582. The van der Waals surface area contributed by atoms with Crippen molar-refractivity contribution in [2.45, 2.75) is 13.0 Å². The second-order valence-electron chi connectivity index (χ2n) is 5.36. The number of halogens is 3. The van der Waals surface area contributed by atoms with Crippen LogP contribution in [-0.2, 0) is 14.3 Å². The summed E-state index contributed by atoms with van der Waals surface area (Å²) in [7, 11) is 0. The van der Waals surface area contributed by atoms with E-state index in [1.165, 1.54) is 19.1 Å². The van der Waals surface area contributed by atoms with Crippen molar-refractivity contribution in [1.29, 1.82) is 0 Å². The molecule has 2 aromatic carbocycles. The fourth-order valence-corrected chi connectivity index (χ4v) is 2.28. The van der Waals surface area contributed by atoms with Gasteiger partial charge in [-0.25, -0.2) is 13.6 Å². The topological polar surface area (TPSA) is 64.6 Å². The van der Waals surface area contributed by atoms with E-state index in [1.54, 1.807) is 18.2 Å². The molecule has 0 fully saturated rings. The Bertz CT molecular complexity index is 801. The molecule has 0 aliphatic rings. The van der Waals surface area contributed by atoms with Gasteiger partial charge in [0.2, 0.25) is 0 Å². The number of amides is 1. The highest BCUT2D eigenvalue weighted by Gasteiger charge is 2.15. The molecule has 0 heterocycles. The average Bonchev–Trinajstić information content (AvgIpc) is 2.58. The van der Waals surface area contributed by atoms with Crippen LogP contribution in [0.4, 0.5) is 8.78 Å². The highest BCUT2D eigenvalue weighted by atomic mass is 35.5. The molecule has 26 heavy (non-hydrogen) atoms. The summed E-state index contributed by atoms with van der Waals surface area (Å²) in [5.41, 5.74) is 0.121. The lowest BCUT2D eigenvalue weighted by molar-refractivity contribution is -0.150. The number of nitrogens with one attached hydrogen (secondary N) is 1. The van der Waals surface area contributed by atoms with Crippen LogP contribution >= 0.6 is 11.6 Å². The van der Waals surface area contributed by atoms with Crippen molar-refractivity contribution in [1.82, 2.24) is 5.32 Å². The first-order chi connectivity index (χ1) is 12.3. The molecule has 5 nitrogen and oxygen atoms in total. The van der Waals surface area contributed by atoms with Crippen LogP contribution in [0.1, 0.15) is 18.5 Å². The molecule has 0 saturated heterocycles. The first kappa shape index (κ1) is 19.7. The quantitative estimate of drug-likeness (QED) is 0.744. The zero-order valence-electron chi connectivity index (χ0n) is 13.8. The van der Waals surface area contributed by atoms with Crippen LogP contribution in [0.15, 0.2) is 42.5 Å². The highest BCUT2D eigenvalue weighted by Crippen LogP contribution is 2.18. The summed E-state index contributed by atoms with van der Waals surface area (Å²) in [6.07, 6.45) is 0. The Balaban J connectivity index is 1.76. The van der Waals surface area contributed by atoms with Gasteiger partial charge in [-0.15, -0.1) is 0 Å². The van der Waals surface area contributed by atoms with Gasteiger partial charge in [0, 0.05) is 16.7 Å². The number of ether oxygens (including phenoxy) is 2. The normalized spacial score (nSPS) is 11.5. The van der Waals surface area contributed by atoms with Gasteiger partial charge < -0.3 is 14.8 Å². The van der Waals surface area contributed by atoms with E-state index in [9.17, 15) is 18.4 Å². The number of carbonyl (C=O) groups excluding carboxylic acids is 2. The SMILES string of the molecule is C[C@H](NC(=O)COC(=O)COc1cccc(Cl)c1)c1ccc(F)cc1F. The molecule has 0 aromatic heterocycles. The molecular weight excluding hydrogens is 368 g/mol. The molecule has 0 bridgehead atoms. The van der Waals surface area contributed by atoms with E-state index in [1.807, 2.05) is 0 Å². The Hall–Kier alpha value is -2.67. The van der Waals surface area contributed by atoms with Crippen molar-refractivity contribution in [3.8, 4) is 5.75 Å². The summed E-state index contributed by atoms with van der Waals surface area (Å²) in [5.74, 6) is -2.47. The van der Waals surface area contributed by atoms with E-state index < -0.39 is 42.8 Å². The second-order valence-corrected chi connectivity index (χ2v) is 5.80. The third-order valence-electron chi connectivity index (χ3n) is 3.32.